The highest BCUT2D eigenvalue weighted by Crippen LogP contribution is 2.23. The summed E-state index contributed by atoms with van der Waals surface area (Å²) in [6, 6.07) is 17.6. The van der Waals surface area contributed by atoms with Crippen molar-refractivity contribution in [1.29, 1.82) is 0 Å². The Kier molecular flexibility index (Phi) is 6.63. The summed E-state index contributed by atoms with van der Waals surface area (Å²) in [7, 11) is 0. The van der Waals surface area contributed by atoms with Gasteiger partial charge in [-0.05, 0) is 35.9 Å². The molecule has 4 rings (SSSR count). The summed E-state index contributed by atoms with van der Waals surface area (Å²) in [6.07, 6.45) is 1.68. The first-order valence-corrected chi connectivity index (χ1v) is 11.0. The van der Waals surface area contributed by atoms with Gasteiger partial charge < -0.3 is 14.4 Å². The molecule has 8 heteroatoms. The van der Waals surface area contributed by atoms with Gasteiger partial charge in [-0.1, -0.05) is 53.5 Å². The number of pyridine rings is 1. The standard InChI is InChI=1S/C24H21Cl2N3O3/c25-18-8-9-19(21(26)15-18)22(30)27-11-13-28(14-12-27)23(31)20-7-4-10-29(24(20)32)16-17-5-2-1-3-6-17/h1-10,15H,11-14,16H2. The molecule has 1 aromatic heterocycles. The van der Waals surface area contributed by atoms with Crippen molar-refractivity contribution in [3.05, 3.63) is 104 Å². The lowest BCUT2D eigenvalue weighted by atomic mass is 10.1. The lowest BCUT2D eigenvalue weighted by Crippen LogP contribution is -2.51. The van der Waals surface area contributed by atoms with Crippen LogP contribution in [0.5, 0.6) is 0 Å². The highest BCUT2D eigenvalue weighted by atomic mass is 35.5. The molecule has 6 nitrogen and oxygen atoms in total. The van der Waals surface area contributed by atoms with E-state index < -0.39 is 0 Å². The molecule has 0 bridgehead atoms. The minimum atomic E-state index is -0.326. The Hall–Kier alpha value is -3.09. The summed E-state index contributed by atoms with van der Waals surface area (Å²) in [4.78, 5) is 42.0. The number of halogens is 2. The van der Waals surface area contributed by atoms with Crippen LogP contribution in [-0.4, -0.2) is 52.4 Å². The van der Waals surface area contributed by atoms with Crippen LogP contribution in [-0.2, 0) is 6.54 Å². The summed E-state index contributed by atoms with van der Waals surface area (Å²) in [6.45, 7) is 1.78. The van der Waals surface area contributed by atoms with Crippen LogP contribution in [0, 0.1) is 0 Å². The second-order valence-corrected chi connectivity index (χ2v) is 8.39. The van der Waals surface area contributed by atoms with E-state index in [2.05, 4.69) is 0 Å². The number of nitrogens with zero attached hydrogens (tertiary/aromatic N) is 3. The van der Waals surface area contributed by atoms with Crippen molar-refractivity contribution in [1.82, 2.24) is 14.4 Å². The van der Waals surface area contributed by atoms with Gasteiger partial charge in [0.2, 0.25) is 0 Å². The van der Waals surface area contributed by atoms with Crippen LogP contribution in [0.3, 0.4) is 0 Å². The molecule has 0 unspecified atom stereocenters. The van der Waals surface area contributed by atoms with Crippen molar-refractivity contribution >= 4 is 35.0 Å². The Morgan fingerprint density at radius 3 is 2.03 bits per heavy atom. The fraction of sp³-hybridized carbons (Fsp3) is 0.208. The molecule has 0 radical (unpaired) electrons. The zero-order valence-corrected chi connectivity index (χ0v) is 18.7. The van der Waals surface area contributed by atoms with Crippen molar-refractivity contribution in [3.8, 4) is 0 Å². The van der Waals surface area contributed by atoms with Crippen molar-refractivity contribution in [2.24, 2.45) is 0 Å². The van der Waals surface area contributed by atoms with Gasteiger partial charge in [-0.15, -0.1) is 0 Å². The number of piperazine rings is 1. The van der Waals surface area contributed by atoms with Crippen molar-refractivity contribution in [2.45, 2.75) is 6.54 Å². The normalized spacial score (nSPS) is 13.8. The predicted octanol–water partition coefficient (Wildman–Crippen LogP) is 3.80. The SMILES string of the molecule is O=C(c1ccc(Cl)cc1Cl)N1CCN(C(=O)c2cccn(Cc3ccccc3)c2=O)CC1. The third-order valence-electron chi connectivity index (χ3n) is 5.46. The molecule has 1 aliphatic heterocycles. The number of rotatable bonds is 4. The van der Waals surface area contributed by atoms with Crippen LogP contribution >= 0.6 is 23.2 Å². The largest absolute Gasteiger partial charge is 0.335 e. The molecule has 0 saturated carbocycles. The van der Waals surface area contributed by atoms with E-state index in [1.165, 1.54) is 10.6 Å². The number of amides is 2. The number of hydrogen-bond donors (Lipinski definition) is 0. The molecule has 3 aromatic rings. The Bertz CT molecular complexity index is 1200. The van der Waals surface area contributed by atoms with Gasteiger partial charge in [0.05, 0.1) is 17.1 Å². The van der Waals surface area contributed by atoms with Crippen molar-refractivity contribution < 1.29 is 9.59 Å². The van der Waals surface area contributed by atoms with Crippen LogP contribution in [0.4, 0.5) is 0 Å². The maximum Gasteiger partial charge on any atom is 0.263 e. The van der Waals surface area contributed by atoms with Gasteiger partial charge in [0.25, 0.3) is 17.4 Å². The first-order valence-electron chi connectivity index (χ1n) is 10.2. The van der Waals surface area contributed by atoms with Gasteiger partial charge >= 0.3 is 0 Å². The van der Waals surface area contributed by atoms with Crippen molar-refractivity contribution in [2.75, 3.05) is 26.2 Å². The Morgan fingerprint density at radius 1 is 0.781 bits per heavy atom. The second-order valence-electron chi connectivity index (χ2n) is 7.55. The Labute approximate surface area is 195 Å². The van der Waals surface area contributed by atoms with E-state index in [1.807, 2.05) is 30.3 Å². The summed E-state index contributed by atoms with van der Waals surface area (Å²) in [5.74, 6) is -0.530. The molecule has 2 heterocycles. The third-order valence-corrected chi connectivity index (χ3v) is 6.01. The van der Waals surface area contributed by atoms with Crippen LogP contribution < -0.4 is 5.56 Å². The smallest absolute Gasteiger partial charge is 0.263 e. The molecule has 164 valence electrons. The van der Waals surface area contributed by atoms with E-state index in [0.717, 1.165) is 5.56 Å². The first kappa shape index (κ1) is 22.1. The average Bonchev–Trinajstić information content (AvgIpc) is 2.80. The fourth-order valence-corrected chi connectivity index (χ4v) is 4.21. The Balaban J connectivity index is 1.44. The van der Waals surface area contributed by atoms with Crippen LogP contribution in [0.1, 0.15) is 26.3 Å². The molecule has 32 heavy (non-hydrogen) atoms. The number of aromatic nitrogens is 1. The van der Waals surface area contributed by atoms with E-state index in [0.29, 0.717) is 48.3 Å². The van der Waals surface area contributed by atoms with Crippen LogP contribution in [0.25, 0.3) is 0 Å². The molecule has 1 aliphatic rings. The van der Waals surface area contributed by atoms with Gasteiger partial charge in [0.1, 0.15) is 5.56 Å². The second kappa shape index (κ2) is 9.59. The summed E-state index contributed by atoms with van der Waals surface area (Å²) >= 11 is 12.1. The maximum atomic E-state index is 13.0. The summed E-state index contributed by atoms with van der Waals surface area (Å²) in [5, 5.41) is 0.756. The first-order chi connectivity index (χ1) is 15.4. The lowest BCUT2D eigenvalue weighted by molar-refractivity contribution is 0.0534. The molecule has 0 aliphatic carbocycles. The van der Waals surface area contributed by atoms with E-state index >= 15 is 0 Å². The minimum Gasteiger partial charge on any atom is -0.335 e. The highest BCUT2D eigenvalue weighted by Gasteiger charge is 2.27. The predicted molar refractivity (Wildman–Crippen MR) is 125 cm³/mol. The van der Waals surface area contributed by atoms with Gasteiger partial charge in [0, 0.05) is 37.4 Å². The fourth-order valence-electron chi connectivity index (χ4n) is 3.72. The number of carbonyl (C=O) groups is 2. The van der Waals surface area contributed by atoms with Crippen molar-refractivity contribution in [3.63, 3.8) is 0 Å². The van der Waals surface area contributed by atoms with E-state index in [1.54, 1.807) is 40.3 Å². The maximum absolute atomic E-state index is 13.0. The Morgan fingerprint density at radius 2 is 1.41 bits per heavy atom. The molecule has 1 saturated heterocycles. The highest BCUT2D eigenvalue weighted by molar-refractivity contribution is 6.36. The number of benzene rings is 2. The van der Waals surface area contributed by atoms with E-state index in [4.69, 9.17) is 23.2 Å². The summed E-state index contributed by atoms with van der Waals surface area (Å²) in [5.41, 5.74) is 1.16. The van der Waals surface area contributed by atoms with Gasteiger partial charge in [-0.25, -0.2) is 0 Å². The minimum absolute atomic E-state index is 0.129. The molecule has 0 N–H and O–H groups in total. The number of hydrogen-bond acceptors (Lipinski definition) is 3. The van der Waals surface area contributed by atoms with E-state index in [-0.39, 0.29) is 22.9 Å². The van der Waals surface area contributed by atoms with Gasteiger partial charge in [-0.2, -0.15) is 0 Å². The lowest BCUT2D eigenvalue weighted by Gasteiger charge is -2.35. The molecule has 0 atom stereocenters. The molecule has 0 spiro atoms. The van der Waals surface area contributed by atoms with Crippen LogP contribution in [0.15, 0.2) is 71.7 Å². The van der Waals surface area contributed by atoms with E-state index in [9.17, 15) is 14.4 Å². The van der Waals surface area contributed by atoms with Gasteiger partial charge in [0.15, 0.2) is 0 Å². The number of carbonyl (C=O) groups excluding carboxylic acids is 2. The molecular formula is C24H21Cl2N3O3. The topological polar surface area (TPSA) is 62.6 Å². The molecule has 2 aromatic carbocycles. The quantitative estimate of drug-likeness (QED) is 0.583. The summed E-state index contributed by atoms with van der Waals surface area (Å²) < 4.78 is 1.53. The monoisotopic (exact) mass is 469 g/mol. The third kappa shape index (κ3) is 4.71. The molecular weight excluding hydrogens is 449 g/mol. The average molecular weight is 470 g/mol. The van der Waals surface area contributed by atoms with Crippen LogP contribution in [0.2, 0.25) is 10.0 Å². The zero-order chi connectivity index (χ0) is 22.7. The molecule has 2 amide bonds. The van der Waals surface area contributed by atoms with Gasteiger partial charge in [-0.3, -0.25) is 14.4 Å². The molecule has 1 fully saturated rings. The zero-order valence-electron chi connectivity index (χ0n) is 17.2.